The molecule has 2 heterocycles. The molecule has 1 unspecified atom stereocenters. The largest absolute Gasteiger partial charge is 0.507 e. The highest BCUT2D eigenvalue weighted by molar-refractivity contribution is 6.46. The summed E-state index contributed by atoms with van der Waals surface area (Å²) in [4.78, 5) is 31.8. The number of rotatable bonds is 8. The van der Waals surface area contributed by atoms with Crippen molar-refractivity contribution in [3.8, 4) is 5.75 Å². The predicted molar refractivity (Wildman–Crippen MR) is 125 cm³/mol. The Bertz CT molecular complexity index is 1210. The van der Waals surface area contributed by atoms with Crippen LogP contribution >= 0.6 is 0 Å². The van der Waals surface area contributed by atoms with E-state index in [1.165, 1.54) is 29.2 Å². The van der Waals surface area contributed by atoms with Gasteiger partial charge in [0.25, 0.3) is 11.7 Å². The van der Waals surface area contributed by atoms with Gasteiger partial charge < -0.3 is 14.7 Å². The Labute approximate surface area is 197 Å². The quantitative estimate of drug-likeness (QED) is 0.221. The van der Waals surface area contributed by atoms with Gasteiger partial charge in [0.1, 0.15) is 17.3 Å². The fourth-order valence-electron chi connectivity index (χ4n) is 3.95. The smallest absolute Gasteiger partial charge is 0.295 e. The van der Waals surface area contributed by atoms with Crippen molar-refractivity contribution >= 4 is 17.4 Å². The van der Waals surface area contributed by atoms with Crippen LogP contribution in [0, 0.1) is 5.82 Å². The molecule has 34 heavy (non-hydrogen) atoms. The monoisotopic (exact) mass is 460 g/mol. The van der Waals surface area contributed by atoms with Crippen LogP contribution < -0.4 is 4.74 Å². The molecule has 6 nitrogen and oxygen atoms in total. The molecule has 1 fully saturated rings. The van der Waals surface area contributed by atoms with Crippen molar-refractivity contribution in [2.45, 2.75) is 32.4 Å². The molecule has 0 aliphatic carbocycles. The van der Waals surface area contributed by atoms with E-state index in [9.17, 15) is 19.1 Å². The van der Waals surface area contributed by atoms with Gasteiger partial charge >= 0.3 is 0 Å². The fraction of sp³-hybridized carbons (Fsp3) is 0.222. The van der Waals surface area contributed by atoms with Gasteiger partial charge in [-0.15, -0.1) is 0 Å². The molecule has 0 bridgehead atoms. The summed E-state index contributed by atoms with van der Waals surface area (Å²) in [6.45, 7) is 2.75. The van der Waals surface area contributed by atoms with E-state index in [2.05, 4.69) is 11.9 Å². The van der Waals surface area contributed by atoms with Crippen molar-refractivity contribution in [2.75, 3.05) is 6.61 Å². The first kappa shape index (κ1) is 23.2. The molecule has 1 aliphatic heterocycles. The highest BCUT2D eigenvalue weighted by Crippen LogP contribution is 2.41. The molecule has 1 atom stereocenters. The average Bonchev–Trinajstić information content (AvgIpc) is 3.10. The van der Waals surface area contributed by atoms with Crippen molar-refractivity contribution in [3.63, 3.8) is 0 Å². The number of hydrogen-bond acceptors (Lipinski definition) is 5. The Hall–Kier alpha value is -4.00. The van der Waals surface area contributed by atoms with E-state index in [0.29, 0.717) is 17.9 Å². The van der Waals surface area contributed by atoms with E-state index in [4.69, 9.17) is 4.74 Å². The number of carbonyl (C=O) groups is 2. The normalized spacial score (nSPS) is 17.2. The van der Waals surface area contributed by atoms with Crippen molar-refractivity contribution in [1.82, 2.24) is 9.88 Å². The molecule has 0 spiro atoms. The lowest BCUT2D eigenvalue weighted by atomic mass is 9.95. The highest BCUT2D eigenvalue weighted by atomic mass is 19.1. The van der Waals surface area contributed by atoms with Gasteiger partial charge in [0.2, 0.25) is 0 Å². The van der Waals surface area contributed by atoms with Crippen molar-refractivity contribution in [2.24, 2.45) is 0 Å². The van der Waals surface area contributed by atoms with Crippen LogP contribution in [0.5, 0.6) is 5.75 Å². The first-order valence-electron chi connectivity index (χ1n) is 11.2. The number of nitrogens with zero attached hydrogens (tertiary/aromatic N) is 2. The van der Waals surface area contributed by atoms with E-state index in [1.807, 2.05) is 12.1 Å². The van der Waals surface area contributed by atoms with Gasteiger partial charge in [0.15, 0.2) is 0 Å². The van der Waals surface area contributed by atoms with Gasteiger partial charge in [-0.3, -0.25) is 14.6 Å². The SMILES string of the molecule is CCCCOc1cccc(C2/C(=C(\O)c3ccc(F)cc3)C(=O)C(=O)N2Cc2cccnc2)c1. The van der Waals surface area contributed by atoms with Crippen molar-refractivity contribution in [1.29, 1.82) is 0 Å². The molecule has 4 rings (SSSR count). The number of aromatic nitrogens is 1. The number of ether oxygens (including phenoxy) is 1. The fourth-order valence-corrected chi connectivity index (χ4v) is 3.95. The molecule has 1 aromatic heterocycles. The summed E-state index contributed by atoms with van der Waals surface area (Å²) in [7, 11) is 0. The second kappa shape index (κ2) is 10.3. The molecule has 3 aromatic rings. The average molecular weight is 461 g/mol. The lowest BCUT2D eigenvalue weighted by Crippen LogP contribution is -2.29. The summed E-state index contributed by atoms with van der Waals surface area (Å²) in [5.74, 6) is -1.74. The molecule has 1 aliphatic rings. The maximum absolute atomic E-state index is 13.4. The Morgan fingerprint density at radius 1 is 1.12 bits per heavy atom. The number of amides is 1. The molecule has 1 saturated heterocycles. The van der Waals surface area contributed by atoms with Gasteiger partial charge in [-0.1, -0.05) is 31.5 Å². The van der Waals surface area contributed by atoms with Crippen LogP contribution in [-0.4, -0.2) is 33.3 Å². The van der Waals surface area contributed by atoms with Gasteiger partial charge in [-0.2, -0.15) is 0 Å². The lowest BCUT2D eigenvalue weighted by Gasteiger charge is -2.25. The van der Waals surface area contributed by atoms with Crippen molar-refractivity contribution < 1.29 is 23.8 Å². The van der Waals surface area contributed by atoms with Crippen LogP contribution in [0.3, 0.4) is 0 Å². The molecule has 1 N–H and O–H groups in total. The third kappa shape index (κ3) is 4.83. The minimum absolute atomic E-state index is 0.0498. The third-order valence-electron chi connectivity index (χ3n) is 5.67. The number of aliphatic hydroxyl groups excluding tert-OH is 1. The summed E-state index contributed by atoms with van der Waals surface area (Å²) in [5, 5.41) is 11.1. The maximum Gasteiger partial charge on any atom is 0.295 e. The second-order valence-electron chi connectivity index (χ2n) is 8.07. The van der Waals surface area contributed by atoms with E-state index in [-0.39, 0.29) is 23.4 Å². The highest BCUT2D eigenvalue weighted by Gasteiger charge is 2.46. The summed E-state index contributed by atoms with van der Waals surface area (Å²) >= 11 is 0. The Morgan fingerprint density at radius 2 is 1.91 bits per heavy atom. The standard InChI is InChI=1S/C27H25FN2O4/c1-2-3-14-34-22-8-4-7-20(15-22)24-23(25(31)19-9-11-21(28)12-10-19)26(32)27(33)30(24)17-18-6-5-13-29-16-18/h4-13,15-16,24,31H,2-3,14,17H2,1H3/b25-23+. The van der Waals surface area contributed by atoms with E-state index in [1.54, 1.807) is 36.7 Å². The van der Waals surface area contributed by atoms with Crippen LogP contribution in [0.4, 0.5) is 4.39 Å². The second-order valence-corrected chi connectivity index (χ2v) is 8.07. The minimum Gasteiger partial charge on any atom is -0.507 e. The number of ketones is 1. The maximum atomic E-state index is 13.4. The number of carbonyl (C=O) groups excluding carboxylic acids is 2. The van der Waals surface area contributed by atoms with Crippen LogP contribution in [0.2, 0.25) is 0 Å². The van der Waals surface area contributed by atoms with Crippen LogP contribution in [0.25, 0.3) is 5.76 Å². The zero-order valence-corrected chi connectivity index (χ0v) is 18.8. The number of unbranched alkanes of at least 4 members (excludes halogenated alkanes) is 1. The zero-order chi connectivity index (χ0) is 24.1. The van der Waals surface area contributed by atoms with Gasteiger partial charge in [0, 0.05) is 24.5 Å². The summed E-state index contributed by atoms with van der Waals surface area (Å²) < 4.78 is 19.3. The molecule has 0 saturated carbocycles. The van der Waals surface area contributed by atoms with E-state index >= 15 is 0 Å². The Balaban J connectivity index is 1.80. The summed E-state index contributed by atoms with van der Waals surface area (Å²) in [5.41, 5.74) is 1.57. The number of hydrogen-bond donors (Lipinski definition) is 1. The van der Waals surface area contributed by atoms with Crippen molar-refractivity contribution in [3.05, 3.63) is 101 Å². The number of likely N-dealkylation sites (tertiary alicyclic amines) is 1. The summed E-state index contributed by atoms with van der Waals surface area (Å²) in [6, 6.07) is 15.0. The van der Waals surface area contributed by atoms with Crippen LogP contribution in [0.1, 0.15) is 42.5 Å². The number of Topliss-reactive ketones (excluding diaryl/α,β-unsaturated/α-hetero) is 1. The molecular weight excluding hydrogens is 435 g/mol. The molecule has 7 heteroatoms. The van der Waals surface area contributed by atoms with E-state index < -0.39 is 23.5 Å². The van der Waals surface area contributed by atoms with Gasteiger partial charge in [-0.05, 0) is 60.0 Å². The molecular formula is C27H25FN2O4. The van der Waals surface area contributed by atoms with Gasteiger partial charge in [-0.25, -0.2) is 4.39 Å². The lowest BCUT2D eigenvalue weighted by molar-refractivity contribution is -0.140. The molecule has 1 amide bonds. The number of aliphatic hydroxyl groups is 1. The van der Waals surface area contributed by atoms with E-state index in [0.717, 1.165) is 18.4 Å². The number of benzene rings is 2. The zero-order valence-electron chi connectivity index (χ0n) is 18.8. The van der Waals surface area contributed by atoms with Gasteiger partial charge in [0.05, 0.1) is 18.2 Å². The molecule has 2 aromatic carbocycles. The summed E-state index contributed by atoms with van der Waals surface area (Å²) in [6.07, 6.45) is 5.14. The third-order valence-corrected chi connectivity index (χ3v) is 5.67. The Kier molecular flexibility index (Phi) is 7.01. The first-order valence-corrected chi connectivity index (χ1v) is 11.2. The molecule has 174 valence electrons. The van der Waals surface area contributed by atoms with Crippen LogP contribution in [0.15, 0.2) is 78.6 Å². The molecule has 0 radical (unpaired) electrons. The number of halogens is 1. The first-order chi connectivity index (χ1) is 16.5. The van der Waals surface area contributed by atoms with Crippen LogP contribution in [-0.2, 0) is 16.1 Å². The predicted octanol–water partition coefficient (Wildman–Crippen LogP) is 5.02. The number of pyridine rings is 1. The Morgan fingerprint density at radius 3 is 2.62 bits per heavy atom. The topological polar surface area (TPSA) is 79.7 Å². The minimum atomic E-state index is -0.847.